The number of carbonyl (C=O) groups is 2. The molecule has 1 aliphatic rings. The third-order valence-electron chi connectivity index (χ3n) is 4.48. The van der Waals surface area contributed by atoms with Crippen molar-refractivity contribution >= 4 is 17.6 Å². The van der Waals surface area contributed by atoms with E-state index < -0.39 is 5.97 Å². The maximum atomic E-state index is 13.0. The highest BCUT2D eigenvalue weighted by molar-refractivity contribution is 5.96. The Balaban J connectivity index is 1.64. The zero-order valence-corrected chi connectivity index (χ0v) is 14.6. The van der Waals surface area contributed by atoms with Crippen LogP contribution in [-0.4, -0.2) is 43.0 Å². The predicted octanol–water partition coefficient (Wildman–Crippen LogP) is 3.33. The first-order chi connectivity index (χ1) is 12.6. The third-order valence-corrected chi connectivity index (χ3v) is 4.48. The average Bonchev–Trinajstić information content (AvgIpc) is 2.69. The maximum Gasteiger partial charge on any atom is 0.337 e. The zero-order valence-electron chi connectivity index (χ0n) is 14.6. The number of methoxy groups -OCH3 is 1. The Hall–Kier alpha value is -2.89. The van der Waals surface area contributed by atoms with E-state index in [9.17, 15) is 14.0 Å². The van der Waals surface area contributed by atoms with E-state index in [1.165, 1.54) is 19.2 Å². The summed E-state index contributed by atoms with van der Waals surface area (Å²) in [6, 6.07) is 12.8. The first-order valence-electron chi connectivity index (χ1n) is 8.56. The van der Waals surface area contributed by atoms with Gasteiger partial charge in [-0.2, -0.15) is 0 Å². The molecule has 0 radical (unpaired) electrons. The molecule has 5 nitrogen and oxygen atoms in total. The summed E-state index contributed by atoms with van der Waals surface area (Å²) in [4.78, 5) is 26.0. The summed E-state index contributed by atoms with van der Waals surface area (Å²) in [5, 5.41) is 3.35. The first kappa shape index (κ1) is 17.9. The van der Waals surface area contributed by atoms with E-state index >= 15 is 0 Å². The second-order valence-corrected chi connectivity index (χ2v) is 6.31. The Morgan fingerprint density at radius 3 is 2.38 bits per heavy atom. The quantitative estimate of drug-likeness (QED) is 0.854. The molecule has 1 fully saturated rings. The highest BCUT2D eigenvalue weighted by Gasteiger charge is 2.24. The van der Waals surface area contributed by atoms with Crippen LogP contribution < -0.4 is 5.32 Å². The second-order valence-electron chi connectivity index (χ2n) is 6.31. The van der Waals surface area contributed by atoms with Crippen molar-refractivity contribution in [1.29, 1.82) is 0 Å². The Kier molecular flexibility index (Phi) is 5.51. The fraction of sp³-hybridized carbons (Fsp3) is 0.300. The number of anilines is 1. The molecule has 1 heterocycles. The molecule has 0 aromatic heterocycles. The molecule has 2 aromatic carbocycles. The largest absolute Gasteiger partial charge is 0.465 e. The van der Waals surface area contributed by atoms with Crippen LogP contribution in [0.4, 0.5) is 10.1 Å². The number of hydrogen-bond donors (Lipinski definition) is 1. The SMILES string of the molecule is COC(=O)c1ccc(C(=O)N2CCC[C@@H](Nc3ccc(F)cc3)C2)cc1. The molecule has 1 amide bonds. The molecular formula is C20H21FN2O3. The van der Waals surface area contributed by atoms with Crippen molar-refractivity contribution in [3.8, 4) is 0 Å². The topological polar surface area (TPSA) is 58.6 Å². The molecule has 1 N–H and O–H groups in total. The lowest BCUT2D eigenvalue weighted by atomic mass is 10.0. The van der Waals surface area contributed by atoms with Crippen LogP contribution in [0.2, 0.25) is 0 Å². The minimum atomic E-state index is -0.425. The fourth-order valence-electron chi connectivity index (χ4n) is 3.11. The van der Waals surface area contributed by atoms with Gasteiger partial charge in [-0.25, -0.2) is 9.18 Å². The van der Waals surface area contributed by atoms with Gasteiger partial charge in [-0.05, 0) is 61.4 Å². The molecule has 136 valence electrons. The number of esters is 1. The summed E-state index contributed by atoms with van der Waals surface area (Å²) in [5.41, 5.74) is 1.80. The van der Waals surface area contributed by atoms with E-state index in [2.05, 4.69) is 10.1 Å². The number of nitrogens with zero attached hydrogens (tertiary/aromatic N) is 1. The number of carbonyl (C=O) groups excluding carboxylic acids is 2. The molecule has 1 atom stereocenters. The van der Waals surface area contributed by atoms with Crippen molar-refractivity contribution in [3.63, 3.8) is 0 Å². The smallest absolute Gasteiger partial charge is 0.337 e. The number of halogens is 1. The van der Waals surface area contributed by atoms with E-state index in [4.69, 9.17) is 0 Å². The molecular weight excluding hydrogens is 335 g/mol. The highest BCUT2D eigenvalue weighted by Crippen LogP contribution is 2.19. The van der Waals surface area contributed by atoms with Gasteiger partial charge < -0.3 is 15.0 Å². The number of amides is 1. The molecule has 0 bridgehead atoms. The van der Waals surface area contributed by atoms with Crippen LogP contribution in [0, 0.1) is 5.82 Å². The lowest BCUT2D eigenvalue weighted by Gasteiger charge is -2.33. The monoisotopic (exact) mass is 356 g/mol. The van der Waals surface area contributed by atoms with E-state index in [1.807, 2.05) is 0 Å². The molecule has 1 aliphatic heterocycles. The number of piperidine rings is 1. The lowest BCUT2D eigenvalue weighted by molar-refractivity contribution is 0.0599. The molecule has 26 heavy (non-hydrogen) atoms. The zero-order chi connectivity index (χ0) is 18.5. The van der Waals surface area contributed by atoms with Crippen molar-refractivity contribution in [3.05, 3.63) is 65.5 Å². The summed E-state index contributed by atoms with van der Waals surface area (Å²) in [6.07, 6.45) is 1.84. The van der Waals surface area contributed by atoms with Gasteiger partial charge in [0.2, 0.25) is 0 Å². The number of nitrogens with one attached hydrogen (secondary N) is 1. The third kappa shape index (κ3) is 4.20. The van der Waals surface area contributed by atoms with E-state index in [-0.39, 0.29) is 17.8 Å². The Labute approximate surface area is 151 Å². The minimum absolute atomic E-state index is 0.0629. The van der Waals surface area contributed by atoms with Gasteiger partial charge in [-0.1, -0.05) is 0 Å². The summed E-state index contributed by atoms with van der Waals surface area (Å²) < 4.78 is 17.7. The fourth-order valence-corrected chi connectivity index (χ4v) is 3.11. The van der Waals surface area contributed by atoms with Crippen LogP contribution in [0.25, 0.3) is 0 Å². The lowest BCUT2D eigenvalue weighted by Crippen LogP contribution is -2.45. The number of hydrogen-bond acceptors (Lipinski definition) is 4. The maximum absolute atomic E-state index is 13.0. The van der Waals surface area contributed by atoms with Crippen molar-refractivity contribution in [2.24, 2.45) is 0 Å². The van der Waals surface area contributed by atoms with Crippen molar-refractivity contribution in [2.45, 2.75) is 18.9 Å². The highest BCUT2D eigenvalue weighted by atomic mass is 19.1. The number of benzene rings is 2. The van der Waals surface area contributed by atoms with Crippen LogP contribution in [-0.2, 0) is 4.74 Å². The molecule has 0 saturated carbocycles. The molecule has 0 aliphatic carbocycles. The van der Waals surface area contributed by atoms with Gasteiger partial charge in [-0.3, -0.25) is 4.79 Å². The predicted molar refractivity (Wildman–Crippen MR) is 96.7 cm³/mol. The Morgan fingerprint density at radius 2 is 1.73 bits per heavy atom. The van der Waals surface area contributed by atoms with Crippen molar-refractivity contribution in [2.75, 3.05) is 25.5 Å². The number of rotatable bonds is 4. The molecule has 0 spiro atoms. The normalized spacial score (nSPS) is 16.8. The summed E-state index contributed by atoms with van der Waals surface area (Å²) in [6.45, 7) is 1.27. The molecule has 1 saturated heterocycles. The van der Waals surface area contributed by atoms with Crippen molar-refractivity contribution < 1.29 is 18.7 Å². The van der Waals surface area contributed by atoms with Crippen LogP contribution in [0.3, 0.4) is 0 Å². The van der Waals surface area contributed by atoms with Gasteiger partial charge in [-0.15, -0.1) is 0 Å². The van der Waals surface area contributed by atoms with Gasteiger partial charge in [0.25, 0.3) is 5.91 Å². The standard InChI is InChI=1S/C20H21FN2O3/c1-26-20(25)15-6-4-14(5-7-15)19(24)23-12-2-3-18(13-23)22-17-10-8-16(21)9-11-17/h4-11,18,22H,2-3,12-13H2,1H3/t18-/m1/s1. The Bertz CT molecular complexity index is 775. The molecule has 3 rings (SSSR count). The van der Waals surface area contributed by atoms with Gasteiger partial charge in [0.15, 0.2) is 0 Å². The van der Waals surface area contributed by atoms with Gasteiger partial charge in [0.1, 0.15) is 5.82 Å². The second kappa shape index (κ2) is 7.99. The van der Waals surface area contributed by atoms with Gasteiger partial charge >= 0.3 is 5.97 Å². The van der Waals surface area contributed by atoms with Gasteiger partial charge in [0.05, 0.1) is 12.7 Å². The summed E-state index contributed by atoms with van der Waals surface area (Å²) in [5.74, 6) is -0.760. The summed E-state index contributed by atoms with van der Waals surface area (Å²) >= 11 is 0. The molecule has 6 heteroatoms. The van der Waals surface area contributed by atoms with E-state index in [0.29, 0.717) is 24.2 Å². The molecule has 0 unspecified atom stereocenters. The van der Waals surface area contributed by atoms with E-state index in [1.54, 1.807) is 41.3 Å². The van der Waals surface area contributed by atoms with Crippen LogP contribution in [0.1, 0.15) is 33.6 Å². The van der Waals surface area contributed by atoms with Gasteiger partial charge in [0, 0.05) is 30.4 Å². The number of likely N-dealkylation sites (tertiary alicyclic amines) is 1. The number of ether oxygens (including phenoxy) is 1. The van der Waals surface area contributed by atoms with Crippen LogP contribution in [0.5, 0.6) is 0 Å². The Morgan fingerprint density at radius 1 is 1.08 bits per heavy atom. The average molecular weight is 356 g/mol. The van der Waals surface area contributed by atoms with E-state index in [0.717, 1.165) is 18.5 Å². The minimum Gasteiger partial charge on any atom is -0.465 e. The summed E-state index contributed by atoms with van der Waals surface area (Å²) in [7, 11) is 1.32. The molecule has 2 aromatic rings. The van der Waals surface area contributed by atoms with Crippen LogP contribution in [0.15, 0.2) is 48.5 Å². The first-order valence-corrected chi connectivity index (χ1v) is 8.56. The van der Waals surface area contributed by atoms with Crippen molar-refractivity contribution in [1.82, 2.24) is 4.90 Å². The van der Waals surface area contributed by atoms with Crippen LogP contribution >= 0.6 is 0 Å².